The van der Waals surface area contributed by atoms with Crippen LogP contribution in [0.2, 0.25) is 0 Å². The number of pyridine rings is 1. The van der Waals surface area contributed by atoms with Crippen LogP contribution >= 0.6 is 0 Å². The summed E-state index contributed by atoms with van der Waals surface area (Å²) in [6.07, 6.45) is 6.92. The van der Waals surface area contributed by atoms with Crippen molar-refractivity contribution in [1.29, 1.82) is 0 Å². The van der Waals surface area contributed by atoms with Crippen LogP contribution in [-0.4, -0.2) is 44.5 Å². The predicted molar refractivity (Wildman–Crippen MR) is 83.0 cm³/mol. The molecule has 1 saturated heterocycles. The summed E-state index contributed by atoms with van der Waals surface area (Å²) in [7, 11) is 0. The van der Waals surface area contributed by atoms with Gasteiger partial charge in [-0.05, 0) is 31.4 Å². The summed E-state index contributed by atoms with van der Waals surface area (Å²) < 4.78 is 7.14. The van der Waals surface area contributed by atoms with Gasteiger partial charge in [-0.1, -0.05) is 6.07 Å². The van der Waals surface area contributed by atoms with Crippen LogP contribution in [0.4, 0.5) is 4.79 Å². The quantitative estimate of drug-likeness (QED) is 0.859. The van der Waals surface area contributed by atoms with Crippen LogP contribution in [0, 0.1) is 0 Å². The summed E-state index contributed by atoms with van der Waals surface area (Å²) in [6, 6.07) is 3.53. The molecule has 2 N–H and O–H groups in total. The molecule has 2 aromatic heterocycles. The lowest BCUT2D eigenvalue weighted by molar-refractivity contribution is 0.0860. The Morgan fingerprint density at radius 2 is 2.43 bits per heavy atom. The Hall–Kier alpha value is -2.48. The zero-order valence-corrected chi connectivity index (χ0v) is 13.0. The largest absolute Gasteiger partial charge is 0.376 e. The van der Waals surface area contributed by atoms with Crippen molar-refractivity contribution in [3.8, 4) is 5.82 Å². The molecule has 1 fully saturated rings. The second-order valence-electron chi connectivity index (χ2n) is 5.53. The first kappa shape index (κ1) is 15.4. The minimum absolute atomic E-state index is 0.00492. The van der Waals surface area contributed by atoms with Crippen molar-refractivity contribution in [2.24, 2.45) is 0 Å². The molecule has 23 heavy (non-hydrogen) atoms. The van der Waals surface area contributed by atoms with Crippen molar-refractivity contribution in [2.45, 2.75) is 38.5 Å². The van der Waals surface area contributed by atoms with Crippen molar-refractivity contribution >= 4 is 6.03 Å². The number of carbonyl (C=O) groups is 1. The van der Waals surface area contributed by atoms with Gasteiger partial charge in [0.05, 0.1) is 12.1 Å². The molecular weight excluding hydrogens is 296 g/mol. The highest BCUT2D eigenvalue weighted by Gasteiger charge is 2.23. The Morgan fingerprint density at radius 1 is 1.52 bits per heavy atom. The molecule has 3 heterocycles. The van der Waals surface area contributed by atoms with Gasteiger partial charge in [0, 0.05) is 19.3 Å². The van der Waals surface area contributed by atoms with E-state index in [1.165, 1.54) is 6.33 Å². The second-order valence-corrected chi connectivity index (χ2v) is 5.53. The maximum Gasteiger partial charge on any atom is 0.315 e. The Morgan fingerprint density at radius 3 is 3.09 bits per heavy atom. The van der Waals surface area contributed by atoms with Crippen LogP contribution in [-0.2, 0) is 11.3 Å². The fraction of sp³-hybridized carbons (Fsp3) is 0.467. The topological polar surface area (TPSA) is 94.0 Å². The third-order valence-corrected chi connectivity index (χ3v) is 3.80. The van der Waals surface area contributed by atoms with Gasteiger partial charge in [-0.3, -0.25) is 0 Å². The first-order chi connectivity index (χ1) is 11.2. The number of aromatic nitrogens is 4. The number of nitrogens with one attached hydrogen (secondary N) is 2. The van der Waals surface area contributed by atoms with E-state index in [0.29, 0.717) is 12.4 Å². The first-order valence-corrected chi connectivity index (χ1v) is 7.68. The molecule has 2 unspecified atom stereocenters. The van der Waals surface area contributed by atoms with Crippen LogP contribution in [0.5, 0.6) is 0 Å². The van der Waals surface area contributed by atoms with E-state index in [1.54, 1.807) is 17.2 Å². The SMILES string of the molecule is CC(NC(=O)NCc1ccc(-n2cncn2)nc1)C1CCCO1. The summed E-state index contributed by atoms with van der Waals surface area (Å²) in [6.45, 7) is 3.15. The van der Waals surface area contributed by atoms with Crippen LogP contribution in [0.25, 0.3) is 5.82 Å². The first-order valence-electron chi connectivity index (χ1n) is 7.68. The van der Waals surface area contributed by atoms with Crippen molar-refractivity contribution in [3.05, 3.63) is 36.5 Å². The maximum absolute atomic E-state index is 11.9. The Kier molecular flexibility index (Phi) is 4.82. The molecule has 2 amide bonds. The number of nitrogens with zero attached hydrogens (tertiary/aromatic N) is 4. The third-order valence-electron chi connectivity index (χ3n) is 3.80. The smallest absolute Gasteiger partial charge is 0.315 e. The normalized spacial score (nSPS) is 18.6. The van der Waals surface area contributed by atoms with Gasteiger partial charge < -0.3 is 15.4 Å². The molecule has 8 heteroatoms. The fourth-order valence-corrected chi connectivity index (χ4v) is 2.51. The lowest BCUT2D eigenvalue weighted by Crippen LogP contribution is -2.45. The Labute approximate surface area is 134 Å². The molecule has 0 saturated carbocycles. The van der Waals surface area contributed by atoms with Crippen molar-refractivity contribution < 1.29 is 9.53 Å². The summed E-state index contributed by atoms with van der Waals surface area (Å²) in [4.78, 5) is 20.1. The monoisotopic (exact) mass is 316 g/mol. The molecule has 3 rings (SSSR count). The van der Waals surface area contributed by atoms with Gasteiger partial charge in [-0.2, -0.15) is 5.10 Å². The molecule has 8 nitrogen and oxygen atoms in total. The van der Waals surface area contributed by atoms with E-state index < -0.39 is 0 Å². The summed E-state index contributed by atoms with van der Waals surface area (Å²) >= 11 is 0. The van der Waals surface area contributed by atoms with Crippen molar-refractivity contribution in [2.75, 3.05) is 6.61 Å². The van der Waals surface area contributed by atoms with Gasteiger partial charge in [-0.25, -0.2) is 19.4 Å². The highest BCUT2D eigenvalue weighted by molar-refractivity contribution is 5.74. The highest BCUT2D eigenvalue weighted by Crippen LogP contribution is 2.15. The molecule has 1 aliphatic rings. The van der Waals surface area contributed by atoms with E-state index in [-0.39, 0.29) is 18.2 Å². The summed E-state index contributed by atoms with van der Waals surface area (Å²) in [5.41, 5.74) is 0.911. The van der Waals surface area contributed by atoms with Gasteiger partial charge in [-0.15, -0.1) is 0 Å². The Balaban J connectivity index is 1.47. The van der Waals surface area contributed by atoms with Gasteiger partial charge >= 0.3 is 6.03 Å². The number of amides is 2. The van der Waals surface area contributed by atoms with E-state index in [1.807, 2.05) is 19.1 Å². The van der Waals surface area contributed by atoms with Crippen LogP contribution in [0.15, 0.2) is 31.0 Å². The van der Waals surface area contributed by atoms with Crippen LogP contribution in [0.3, 0.4) is 0 Å². The number of rotatable bonds is 5. The lowest BCUT2D eigenvalue weighted by atomic mass is 10.1. The Bertz CT molecular complexity index is 622. The number of hydrogen-bond acceptors (Lipinski definition) is 5. The van der Waals surface area contributed by atoms with E-state index in [4.69, 9.17) is 4.74 Å². The number of ether oxygens (including phenoxy) is 1. The average molecular weight is 316 g/mol. The van der Waals surface area contributed by atoms with Crippen molar-refractivity contribution in [1.82, 2.24) is 30.4 Å². The third kappa shape index (κ3) is 4.04. The van der Waals surface area contributed by atoms with Gasteiger partial charge in [0.25, 0.3) is 0 Å². The molecule has 122 valence electrons. The van der Waals surface area contributed by atoms with Gasteiger partial charge in [0.15, 0.2) is 5.82 Å². The molecule has 0 aliphatic carbocycles. The number of urea groups is 1. The molecule has 0 aromatic carbocycles. The molecule has 0 spiro atoms. The van der Waals surface area contributed by atoms with Gasteiger partial charge in [0.2, 0.25) is 0 Å². The summed E-state index contributed by atoms with van der Waals surface area (Å²) in [5.74, 6) is 0.683. The molecule has 2 aromatic rings. The lowest BCUT2D eigenvalue weighted by Gasteiger charge is -2.20. The standard InChI is InChI=1S/C15H20N6O2/c1-11(13-3-2-6-23-13)20-15(22)18-8-12-4-5-14(17-7-12)21-10-16-9-19-21/h4-5,7,9-11,13H,2-3,6,8H2,1H3,(H2,18,20,22). The predicted octanol–water partition coefficient (Wildman–Crippen LogP) is 1.03. The van der Waals surface area contributed by atoms with Crippen LogP contribution < -0.4 is 10.6 Å². The van der Waals surface area contributed by atoms with E-state index in [2.05, 4.69) is 25.7 Å². The van der Waals surface area contributed by atoms with E-state index >= 15 is 0 Å². The maximum atomic E-state index is 11.9. The average Bonchev–Trinajstić information content (AvgIpc) is 3.26. The zero-order chi connectivity index (χ0) is 16.1. The number of carbonyl (C=O) groups excluding carboxylic acids is 1. The highest BCUT2D eigenvalue weighted by atomic mass is 16.5. The second kappa shape index (κ2) is 7.19. The minimum atomic E-state index is -0.201. The molecular formula is C15H20N6O2. The fourth-order valence-electron chi connectivity index (χ4n) is 2.51. The van der Waals surface area contributed by atoms with Crippen molar-refractivity contribution in [3.63, 3.8) is 0 Å². The number of hydrogen-bond donors (Lipinski definition) is 2. The summed E-state index contributed by atoms with van der Waals surface area (Å²) in [5, 5.41) is 9.75. The molecule has 0 radical (unpaired) electrons. The molecule has 2 atom stereocenters. The van der Waals surface area contributed by atoms with Gasteiger partial charge in [0.1, 0.15) is 12.7 Å². The molecule has 1 aliphatic heterocycles. The molecule has 0 bridgehead atoms. The van der Waals surface area contributed by atoms with E-state index in [0.717, 1.165) is 25.0 Å². The van der Waals surface area contributed by atoms with E-state index in [9.17, 15) is 4.79 Å². The minimum Gasteiger partial charge on any atom is -0.376 e. The zero-order valence-electron chi connectivity index (χ0n) is 13.0. The van der Waals surface area contributed by atoms with Crippen LogP contribution in [0.1, 0.15) is 25.3 Å².